The molecule has 4 heteroatoms. The molecule has 1 saturated heterocycles. The molecule has 0 saturated carbocycles. The molecule has 1 N–H and O–H groups in total. The van der Waals surface area contributed by atoms with E-state index in [1.165, 1.54) is 11.3 Å². The first kappa shape index (κ1) is 14.6. The molecule has 2 aromatic carbocycles. The van der Waals surface area contributed by atoms with Crippen molar-refractivity contribution in [2.24, 2.45) is 4.99 Å². The van der Waals surface area contributed by atoms with Gasteiger partial charge in [0.25, 0.3) is 0 Å². The normalized spacial score (nSPS) is 15.4. The van der Waals surface area contributed by atoms with Crippen molar-refractivity contribution in [1.82, 2.24) is 0 Å². The van der Waals surface area contributed by atoms with E-state index in [0.717, 1.165) is 37.6 Å². The zero-order valence-electron chi connectivity index (χ0n) is 12.7. The van der Waals surface area contributed by atoms with Crippen molar-refractivity contribution in [2.45, 2.75) is 6.92 Å². The Morgan fingerprint density at radius 3 is 2.68 bits per heavy atom. The Labute approximate surface area is 130 Å². The second-order valence-electron chi connectivity index (χ2n) is 5.42. The fourth-order valence-corrected chi connectivity index (χ4v) is 2.54. The lowest BCUT2D eigenvalue weighted by Crippen LogP contribution is -2.36. The molecular weight excluding hydrogens is 276 g/mol. The van der Waals surface area contributed by atoms with Gasteiger partial charge in [0.15, 0.2) is 0 Å². The van der Waals surface area contributed by atoms with Crippen LogP contribution in [0, 0.1) is 6.92 Å². The van der Waals surface area contributed by atoms with Gasteiger partial charge in [-0.2, -0.15) is 0 Å². The van der Waals surface area contributed by atoms with Gasteiger partial charge >= 0.3 is 0 Å². The minimum atomic E-state index is 0.231. The number of hydrogen-bond donors (Lipinski definition) is 1. The summed E-state index contributed by atoms with van der Waals surface area (Å²) in [6.07, 6.45) is 1.84. The topological polar surface area (TPSA) is 45.1 Å². The highest BCUT2D eigenvalue weighted by Gasteiger charge is 2.11. The van der Waals surface area contributed by atoms with Crippen LogP contribution >= 0.6 is 0 Å². The summed E-state index contributed by atoms with van der Waals surface area (Å²) in [5, 5.41) is 9.46. The number of anilines is 1. The molecule has 4 nitrogen and oxygen atoms in total. The maximum Gasteiger partial charge on any atom is 0.117 e. The molecule has 1 aliphatic rings. The molecule has 1 aliphatic heterocycles. The highest BCUT2D eigenvalue weighted by Crippen LogP contribution is 2.21. The van der Waals surface area contributed by atoms with E-state index < -0.39 is 0 Å². The molecule has 0 unspecified atom stereocenters. The number of phenolic OH excluding ortho intramolecular Hbond substituents is 1. The highest BCUT2D eigenvalue weighted by atomic mass is 16.5. The number of nitrogens with zero attached hydrogens (tertiary/aromatic N) is 2. The molecular formula is C18H20N2O2. The van der Waals surface area contributed by atoms with Gasteiger partial charge in [-0.05, 0) is 42.3 Å². The third kappa shape index (κ3) is 3.46. The fraction of sp³-hybridized carbons (Fsp3) is 0.278. The Bertz CT molecular complexity index is 677. The SMILES string of the molecule is Cc1cc(N2CCOCC2)ccc1C=Nc1cccc(O)c1. The second kappa shape index (κ2) is 6.62. The van der Waals surface area contributed by atoms with Crippen LogP contribution in [0.15, 0.2) is 47.5 Å². The Hall–Kier alpha value is -2.33. The van der Waals surface area contributed by atoms with Gasteiger partial charge in [0.2, 0.25) is 0 Å². The molecule has 0 amide bonds. The van der Waals surface area contributed by atoms with Crippen molar-refractivity contribution in [2.75, 3.05) is 31.2 Å². The standard InChI is InChI=1S/C18H20N2O2/c1-14-11-17(20-7-9-22-10-8-20)6-5-15(14)13-19-16-3-2-4-18(21)12-16/h2-6,11-13,21H,7-10H2,1H3. The monoisotopic (exact) mass is 296 g/mol. The average molecular weight is 296 g/mol. The van der Waals surface area contributed by atoms with E-state index in [-0.39, 0.29) is 5.75 Å². The summed E-state index contributed by atoms with van der Waals surface area (Å²) >= 11 is 0. The van der Waals surface area contributed by atoms with Crippen LogP contribution in [0.4, 0.5) is 11.4 Å². The lowest BCUT2D eigenvalue weighted by molar-refractivity contribution is 0.122. The summed E-state index contributed by atoms with van der Waals surface area (Å²) in [6, 6.07) is 13.4. The molecule has 0 spiro atoms. The fourth-order valence-electron chi connectivity index (χ4n) is 2.54. The molecule has 22 heavy (non-hydrogen) atoms. The number of phenols is 1. The third-order valence-electron chi connectivity index (χ3n) is 3.81. The van der Waals surface area contributed by atoms with E-state index >= 15 is 0 Å². The summed E-state index contributed by atoms with van der Waals surface area (Å²) in [6.45, 7) is 5.56. The van der Waals surface area contributed by atoms with Gasteiger partial charge in [-0.1, -0.05) is 12.1 Å². The molecule has 0 atom stereocenters. The second-order valence-corrected chi connectivity index (χ2v) is 5.42. The number of hydrogen-bond acceptors (Lipinski definition) is 4. The maximum atomic E-state index is 9.46. The van der Waals surface area contributed by atoms with E-state index in [4.69, 9.17) is 4.74 Å². The number of ether oxygens (including phenoxy) is 1. The number of benzene rings is 2. The Kier molecular flexibility index (Phi) is 4.39. The van der Waals surface area contributed by atoms with Crippen molar-refractivity contribution >= 4 is 17.6 Å². The summed E-state index contributed by atoms with van der Waals surface area (Å²) in [5.74, 6) is 0.231. The number of morpholine rings is 1. The average Bonchev–Trinajstić information content (AvgIpc) is 2.54. The van der Waals surface area contributed by atoms with Crippen LogP contribution in [0.2, 0.25) is 0 Å². The van der Waals surface area contributed by atoms with Crippen LogP contribution in [0.1, 0.15) is 11.1 Å². The van der Waals surface area contributed by atoms with Crippen LogP contribution < -0.4 is 4.90 Å². The third-order valence-corrected chi connectivity index (χ3v) is 3.81. The molecule has 2 aromatic rings. The number of rotatable bonds is 3. The summed E-state index contributed by atoms with van der Waals surface area (Å²) in [5.41, 5.74) is 4.25. The zero-order chi connectivity index (χ0) is 15.4. The van der Waals surface area contributed by atoms with Crippen molar-refractivity contribution in [1.29, 1.82) is 0 Å². The predicted molar refractivity (Wildman–Crippen MR) is 89.6 cm³/mol. The highest BCUT2D eigenvalue weighted by molar-refractivity contribution is 5.84. The summed E-state index contributed by atoms with van der Waals surface area (Å²) in [4.78, 5) is 6.76. The van der Waals surface area contributed by atoms with Crippen LogP contribution in [-0.2, 0) is 4.74 Å². The van der Waals surface area contributed by atoms with Gasteiger partial charge in [-0.25, -0.2) is 0 Å². The van der Waals surface area contributed by atoms with Gasteiger partial charge in [0.1, 0.15) is 5.75 Å². The van der Waals surface area contributed by atoms with Gasteiger partial charge < -0.3 is 14.7 Å². The quantitative estimate of drug-likeness (QED) is 0.884. The molecule has 1 fully saturated rings. The Morgan fingerprint density at radius 2 is 1.95 bits per heavy atom. The molecule has 0 aromatic heterocycles. The van der Waals surface area contributed by atoms with Crippen LogP contribution in [0.25, 0.3) is 0 Å². The number of aryl methyl sites for hydroxylation is 1. The van der Waals surface area contributed by atoms with E-state index in [9.17, 15) is 5.11 Å². The zero-order valence-corrected chi connectivity index (χ0v) is 12.7. The van der Waals surface area contributed by atoms with Gasteiger partial charge in [-0.15, -0.1) is 0 Å². The van der Waals surface area contributed by atoms with Crippen LogP contribution in [-0.4, -0.2) is 37.6 Å². The Morgan fingerprint density at radius 1 is 1.14 bits per heavy atom. The largest absolute Gasteiger partial charge is 0.508 e. The maximum absolute atomic E-state index is 9.46. The van der Waals surface area contributed by atoms with E-state index in [2.05, 4.69) is 35.0 Å². The molecule has 1 heterocycles. The first-order chi connectivity index (χ1) is 10.7. The van der Waals surface area contributed by atoms with Crippen LogP contribution in [0.5, 0.6) is 5.75 Å². The minimum absolute atomic E-state index is 0.231. The molecule has 114 valence electrons. The minimum Gasteiger partial charge on any atom is -0.508 e. The first-order valence-corrected chi connectivity index (χ1v) is 7.49. The molecule has 0 bridgehead atoms. The van der Waals surface area contributed by atoms with E-state index in [1.807, 2.05) is 12.3 Å². The van der Waals surface area contributed by atoms with Gasteiger partial charge in [0, 0.05) is 31.1 Å². The molecule has 0 radical (unpaired) electrons. The van der Waals surface area contributed by atoms with Crippen LogP contribution in [0.3, 0.4) is 0 Å². The van der Waals surface area contributed by atoms with E-state index in [0.29, 0.717) is 0 Å². The van der Waals surface area contributed by atoms with Gasteiger partial charge in [0.05, 0.1) is 18.9 Å². The first-order valence-electron chi connectivity index (χ1n) is 7.49. The number of aromatic hydroxyl groups is 1. The van der Waals surface area contributed by atoms with Gasteiger partial charge in [-0.3, -0.25) is 4.99 Å². The van der Waals surface area contributed by atoms with Crippen molar-refractivity contribution in [3.05, 3.63) is 53.6 Å². The lowest BCUT2D eigenvalue weighted by atomic mass is 10.1. The molecule has 0 aliphatic carbocycles. The summed E-state index contributed by atoms with van der Waals surface area (Å²) in [7, 11) is 0. The van der Waals surface area contributed by atoms with E-state index in [1.54, 1.807) is 18.2 Å². The molecule has 3 rings (SSSR count). The van der Waals surface area contributed by atoms with Crippen molar-refractivity contribution in [3.63, 3.8) is 0 Å². The lowest BCUT2D eigenvalue weighted by Gasteiger charge is -2.29. The number of aliphatic imine (C=N–C) groups is 1. The smallest absolute Gasteiger partial charge is 0.117 e. The van der Waals surface area contributed by atoms with Crippen molar-refractivity contribution in [3.8, 4) is 5.75 Å². The Balaban J connectivity index is 1.77. The summed E-state index contributed by atoms with van der Waals surface area (Å²) < 4.78 is 5.39. The van der Waals surface area contributed by atoms with Crippen molar-refractivity contribution < 1.29 is 9.84 Å². The predicted octanol–water partition coefficient (Wildman–Crippen LogP) is 3.29.